The third-order valence-corrected chi connectivity index (χ3v) is 7.58. The molecule has 2 unspecified atom stereocenters. The Morgan fingerprint density at radius 2 is 2.00 bits per heavy atom. The number of alkyl halides is 1. The number of hydrogen-bond acceptors (Lipinski definition) is 4. The van der Waals surface area contributed by atoms with E-state index in [1.807, 2.05) is 31.2 Å². The number of carbonyl (C=O) groups excluding carboxylic acids is 1. The number of hydrogen-bond donors (Lipinski definition) is 1. The van der Waals surface area contributed by atoms with Gasteiger partial charge in [0.2, 0.25) is 0 Å². The zero-order valence-corrected chi connectivity index (χ0v) is 19.6. The van der Waals surface area contributed by atoms with Crippen molar-refractivity contribution in [2.45, 2.75) is 62.2 Å². The summed E-state index contributed by atoms with van der Waals surface area (Å²) >= 11 is 1.52. The Kier molecular flexibility index (Phi) is 7.69. The van der Waals surface area contributed by atoms with Crippen molar-refractivity contribution in [3.63, 3.8) is 0 Å². The Hall–Kier alpha value is -2.11. The summed E-state index contributed by atoms with van der Waals surface area (Å²) in [6.07, 6.45) is 14.1. The van der Waals surface area contributed by atoms with Gasteiger partial charge in [0.1, 0.15) is 6.17 Å². The van der Waals surface area contributed by atoms with Crippen LogP contribution in [-0.4, -0.2) is 36.6 Å². The van der Waals surface area contributed by atoms with Gasteiger partial charge in [-0.15, -0.1) is 11.8 Å². The van der Waals surface area contributed by atoms with Crippen molar-refractivity contribution in [3.8, 4) is 0 Å². The molecule has 1 N–H and O–H groups in total. The highest BCUT2D eigenvalue weighted by Gasteiger charge is 2.31. The molecular formula is C27H32FNO2S. The maximum Gasteiger partial charge on any atom is 0.316 e. The van der Waals surface area contributed by atoms with Gasteiger partial charge in [-0.3, -0.25) is 4.79 Å². The summed E-state index contributed by atoms with van der Waals surface area (Å²) in [4.78, 5) is 12.6. The van der Waals surface area contributed by atoms with Gasteiger partial charge in [-0.1, -0.05) is 42.5 Å². The molecule has 0 amide bonds. The molecule has 0 radical (unpaired) electrons. The summed E-state index contributed by atoms with van der Waals surface area (Å²) < 4.78 is 19.3. The van der Waals surface area contributed by atoms with E-state index >= 15 is 0 Å². The van der Waals surface area contributed by atoms with Crippen LogP contribution in [0.25, 0.3) is 0 Å². The van der Waals surface area contributed by atoms with Crippen LogP contribution < -0.4 is 5.32 Å². The number of ether oxygens (including phenoxy) is 1. The fourth-order valence-electron chi connectivity index (χ4n) is 4.99. The second-order valence-corrected chi connectivity index (χ2v) is 9.79. The average Bonchev–Trinajstić information content (AvgIpc) is 3.27. The molecule has 0 aliphatic heterocycles. The lowest BCUT2D eigenvalue weighted by atomic mass is 9.81. The number of allylic oxidation sites excluding steroid dienone is 6. The molecule has 1 fully saturated rings. The number of carbonyl (C=O) groups is 1. The van der Waals surface area contributed by atoms with Crippen molar-refractivity contribution >= 4 is 17.7 Å². The average molecular weight is 454 g/mol. The molecule has 1 aromatic rings. The Labute approximate surface area is 194 Å². The fraction of sp³-hybridized carbons (Fsp3) is 0.444. The summed E-state index contributed by atoms with van der Waals surface area (Å²) in [5, 5.41) is 3.81. The highest BCUT2D eigenvalue weighted by Crippen LogP contribution is 2.37. The minimum Gasteiger partial charge on any atom is -0.465 e. The molecule has 0 aromatic heterocycles. The predicted octanol–water partition coefficient (Wildman–Crippen LogP) is 5.90. The molecule has 1 aromatic carbocycles. The van der Waals surface area contributed by atoms with Gasteiger partial charge in [0.25, 0.3) is 0 Å². The quantitative estimate of drug-likeness (QED) is 0.393. The van der Waals surface area contributed by atoms with Crippen LogP contribution in [0.4, 0.5) is 4.39 Å². The molecule has 32 heavy (non-hydrogen) atoms. The number of benzene rings is 1. The van der Waals surface area contributed by atoms with Gasteiger partial charge in [-0.25, -0.2) is 4.39 Å². The minimum absolute atomic E-state index is 0.152. The third kappa shape index (κ3) is 5.44. The number of fused-ring (bicyclic) bond motifs is 1. The molecule has 3 aliphatic rings. The van der Waals surface area contributed by atoms with Crippen LogP contribution in [0.15, 0.2) is 76.8 Å². The zero-order chi connectivity index (χ0) is 22.5. The van der Waals surface area contributed by atoms with Crippen molar-refractivity contribution in [1.82, 2.24) is 5.32 Å². The van der Waals surface area contributed by atoms with Gasteiger partial charge in [-0.05, 0) is 73.9 Å². The molecule has 3 aliphatic carbocycles. The Balaban J connectivity index is 1.32. The number of rotatable bonds is 8. The number of esters is 1. The van der Waals surface area contributed by atoms with E-state index in [0.717, 1.165) is 23.3 Å². The maximum atomic E-state index is 14.3. The van der Waals surface area contributed by atoms with Crippen molar-refractivity contribution in [1.29, 1.82) is 0 Å². The summed E-state index contributed by atoms with van der Waals surface area (Å²) in [7, 11) is 0. The molecule has 0 spiro atoms. The largest absolute Gasteiger partial charge is 0.465 e. The second kappa shape index (κ2) is 10.7. The van der Waals surface area contributed by atoms with Gasteiger partial charge in [-0.2, -0.15) is 0 Å². The van der Waals surface area contributed by atoms with Crippen molar-refractivity contribution in [2.75, 3.05) is 12.4 Å². The first-order valence-electron chi connectivity index (χ1n) is 11.6. The van der Waals surface area contributed by atoms with Crippen LogP contribution in [-0.2, 0) is 9.53 Å². The monoisotopic (exact) mass is 453 g/mol. The first kappa shape index (κ1) is 23.1. The van der Waals surface area contributed by atoms with E-state index in [-0.39, 0.29) is 17.9 Å². The first-order chi connectivity index (χ1) is 15.5. The smallest absolute Gasteiger partial charge is 0.316 e. The molecular weight excluding hydrogens is 421 g/mol. The molecule has 5 heteroatoms. The van der Waals surface area contributed by atoms with Gasteiger partial charge < -0.3 is 10.1 Å². The third-order valence-electron chi connectivity index (χ3n) is 6.60. The Bertz CT molecular complexity index is 933. The lowest BCUT2D eigenvalue weighted by molar-refractivity contribution is -0.139. The van der Waals surface area contributed by atoms with Crippen LogP contribution in [0.1, 0.15) is 44.6 Å². The van der Waals surface area contributed by atoms with Crippen LogP contribution in [0.3, 0.4) is 0 Å². The van der Waals surface area contributed by atoms with Gasteiger partial charge in [0.15, 0.2) is 0 Å². The molecule has 0 saturated heterocycles. The topological polar surface area (TPSA) is 38.3 Å². The fourth-order valence-corrected chi connectivity index (χ4v) is 5.69. The Morgan fingerprint density at radius 1 is 1.19 bits per heavy atom. The zero-order valence-electron chi connectivity index (χ0n) is 18.8. The highest BCUT2D eigenvalue weighted by atomic mass is 32.2. The second-order valence-electron chi connectivity index (χ2n) is 8.74. The van der Waals surface area contributed by atoms with Crippen LogP contribution in [0.2, 0.25) is 0 Å². The Morgan fingerprint density at radius 3 is 2.78 bits per heavy atom. The van der Waals surface area contributed by atoms with E-state index in [1.165, 1.54) is 29.3 Å². The van der Waals surface area contributed by atoms with Crippen molar-refractivity contribution < 1.29 is 13.9 Å². The van der Waals surface area contributed by atoms with E-state index in [0.29, 0.717) is 24.3 Å². The van der Waals surface area contributed by atoms with Crippen LogP contribution in [0.5, 0.6) is 0 Å². The van der Waals surface area contributed by atoms with E-state index in [1.54, 1.807) is 6.08 Å². The molecule has 0 bridgehead atoms. The van der Waals surface area contributed by atoms with E-state index in [2.05, 4.69) is 42.6 Å². The molecule has 5 atom stereocenters. The molecule has 4 rings (SSSR count). The number of nitrogens with one attached hydrogen (secondary N) is 1. The first-order valence-corrected chi connectivity index (χ1v) is 12.6. The summed E-state index contributed by atoms with van der Waals surface area (Å²) in [6.45, 7) is 4.44. The van der Waals surface area contributed by atoms with E-state index in [4.69, 9.17) is 4.74 Å². The minimum atomic E-state index is -0.934. The molecule has 1 saturated carbocycles. The predicted molar refractivity (Wildman–Crippen MR) is 130 cm³/mol. The molecule has 0 heterocycles. The normalized spacial score (nSPS) is 27.5. The van der Waals surface area contributed by atoms with Gasteiger partial charge in [0.05, 0.1) is 12.4 Å². The van der Waals surface area contributed by atoms with Crippen molar-refractivity contribution in [2.24, 2.45) is 5.92 Å². The lowest BCUT2D eigenvalue weighted by Gasteiger charge is -2.30. The van der Waals surface area contributed by atoms with Crippen molar-refractivity contribution in [3.05, 3.63) is 77.4 Å². The summed E-state index contributed by atoms with van der Waals surface area (Å²) in [5.74, 6) is 0.573. The highest BCUT2D eigenvalue weighted by molar-refractivity contribution is 8.00. The van der Waals surface area contributed by atoms with Gasteiger partial charge >= 0.3 is 5.97 Å². The van der Waals surface area contributed by atoms with Crippen LogP contribution in [0, 0.1) is 5.92 Å². The summed E-state index contributed by atoms with van der Waals surface area (Å²) in [5.41, 5.74) is 3.67. The number of halogens is 1. The SMILES string of the molecule is CCOC(=O)CSc1ccc([C@@H]2CC[C@H](N[C@H](C)C3=C4C=CC=CC4C(F)C=C3)C2)cc1. The standard InChI is InChI=1S/C27H32FNO2S/c1-3-31-27(30)17-32-22-12-9-19(10-13-22)20-8-11-21(16-20)29-18(2)23-14-15-26(28)25-7-5-4-6-24(23)25/h4-7,9-10,12-15,18,20-21,25-26,29H,3,8,11,16-17H2,1-2H3/t18-,20-,21+,25?,26?/m1/s1. The van der Waals surface area contributed by atoms with E-state index in [9.17, 15) is 9.18 Å². The lowest BCUT2D eigenvalue weighted by Crippen LogP contribution is -2.37. The van der Waals surface area contributed by atoms with Crippen LogP contribution >= 0.6 is 11.8 Å². The summed E-state index contributed by atoms with van der Waals surface area (Å²) in [6, 6.07) is 9.26. The maximum absolute atomic E-state index is 14.3. The van der Waals surface area contributed by atoms with Gasteiger partial charge in [0, 0.05) is 22.9 Å². The van der Waals surface area contributed by atoms with E-state index < -0.39 is 6.17 Å². The molecule has 170 valence electrons. The molecule has 3 nitrogen and oxygen atoms in total. The number of thioether (sulfide) groups is 1.